The van der Waals surface area contributed by atoms with Gasteiger partial charge in [-0.3, -0.25) is 4.68 Å². The summed E-state index contributed by atoms with van der Waals surface area (Å²) in [6, 6.07) is 0.292. The summed E-state index contributed by atoms with van der Waals surface area (Å²) in [6.45, 7) is 11.9. The van der Waals surface area contributed by atoms with Crippen molar-refractivity contribution < 1.29 is 4.74 Å². The van der Waals surface area contributed by atoms with E-state index >= 15 is 0 Å². The summed E-state index contributed by atoms with van der Waals surface area (Å²) < 4.78 is 7.75. The van der Waals surface area contributed by atoms with E-state index in [1.54, 1.807) is 0 Å². The molecular formula is C16H30ClN3O. The Morgan fingerprint density at radius 1 is 1.24 bits per heavy atom. The summed E-state index contributed by atoms with van der Waals surface area (Å²) in [6.07, 6.45) is 3.90. The van der Waals surface area contributed by atoms with Gasteiger partial charge in [-0.15, -0.1) is 0 Å². The van der Waals surface area contributed by atoms with Crippen LogP contribution in [0.25, 0.3) is 0 Å². The average molecular weight is 316 g/mol. The van der Waals surface area contributed by atoms with Crippen molar-refractivity contribution in [3.05, 3.63) is 16.4 Å². The average Bonchev–Trinajstić information content (AvgIpc) is 2.80. The lowest BCUT2D eigenvalue weighted by atomic mass is 10.1. The maximum atomic E-state index is 6.50. The fourth-order valence-corrected chi connectivity index (χ4v) is 2.70. The van der Waals surface area contributed by atoms with Gasteiger partial charge in [-0.1, -0.05) is 32.4 Å². The first-order valence-electron chi connectivity index (χ1n) is 8.22. The molecule has 0 saturated carbocycles. The zero-order chi connectivity index (χ0) is 15.7. The van der Waals surface area contributed by atoms with Gasteiger partial charge in [0.15, 0.2) is 0 Å². The fraction of sp³-hybridized carbons (Fsp3) is 0.812. The molecule has 0 amide bonds. The SMILES string of the molecule is CCCNC(COCCC)Cc1c(Cl)c(CC)nn1CC. The molecule has 0 aromatic carbocycles. The zero-order valence-electron chi connectivity index (χ0n) is 13.9. The molecule has 1 atom stereocenters. The number of ether oxygens (including phenoxy) is 1. The Morgan fingerprint density at radius 2 is 2.00 bits per heavy atom. The molecule has 1 N–H and O–H groups in total. The summed E-state index contributed by atoms with van der Waals surface area (Å²) in [7, 11) is 0. The fourth-order valence-electron chi connectivity index (χ4n) is 2.35. The van der Waals surface area contributed by atoms with Crippen LogP contribution in [-0.4, -0.2) is 35.6 Å². The first kappa shape index (κ1) is 18.5. The van der Waals surface area contributed by atoms with E-state index in [0.29, 0.717) is 6.04 Å². The van der Waals surface area contributed by atoms with Crippen LogP contribution >= 0.6 is 11.6 Å². The number of hydrogen-bond acceptors (Lipinski definition) is 3. The molecule has 0 aliphatic carbocycles. The van der Waals surface area contributed by atoms with Gasteiger partial charge in [0.1, 0.15) is 0 Å². The third-order valence-electron chi connectivity index (χ3n) is 3.48. The van der Waals surface area contributed by atoms with Crippen LogP contribution in [0.1, 0.15) is 51.9 Å². The second kappa shape index (κ2) is 10.2. The molecule has 5 heteroatoms. The maximum Gasteiger partial charge on any atom is 0.0850 e. The minimum Gasteiger partial charge on any atom is -0.380 e. The van der Waals surface area contributed by atoms with Crippen LogP contribution in [0, 0.1) is 0 Å². The van der Waals surface area contributed by atoms with E-state index in [4.69, 9.17) is 16.3 Å². The van der Waals surface area contributed by atoms with Gasteiger partial charge in [0.25, 0.3) is 0 Å². The second-order valence-corrected chi connectivity index (χ2v) is 5.68. The Hall–Kier alpha value is -0.580. The minimum absolute atomic E-state index is 0.292. The molecule has 0 fully saturated rings. The zero-order valence-corrected chi connectivity index (χ0v) is 14.7. The second-order valence-electron chi connectivity index (χ2n) is 5.31. The van der Waals surface area contributed by atoms with Gasteiger partial charge < -0.3 is 10.1 Å². The molecular weight excluding hydrogens is 286 g/mol. The Morgan fingerprint density at radius 3 is 2.57 bits per heavy atom. The van der Waals surface area contributed by atoms with Gasteiger partial charge in [-0.25, -0.2) is 0 Å². The predicted molar refractivity (Wildman–Crippen MR) is 89.2 cm³/mol. The molecule has 122 valence electrons. The van der Waals surface area contributed by atoms with Crippen LogP contribution in [0.5, 0.6) is 0 Å². The van der Waals surface area contributed by atoms with Gasteiger partial charge in [0.2, 0.25) is 0 Å². The van der Waals surface area contributed by atoms with Crippen molar-refractivity contribution in [1.82, 2.24) is 15.1 Å². The normalized spacial score (nSPS) is 12.8. The van der Waals surface area contributed by atoms with Crippen molar-refractivity contribution in [3.8, 4) is 0 Å². The molecule has 1 rings (SSSR count). The maximum absolute atomic E-state index is 6.50. The number of rotatable bonds is 11. The van der Waals surface area contributed by atoms with Gasteiger partial charge >= 0.3 is 0 Å². The third kappa shape index (κ3) is 5.61. The van der Waals surface area contributed by atoms with Crippen molar-refractivity contribution in [3.63, 3.8) is 0 Å². The Kier molecular flexibility index (Phi) is 8.97. The molecule has 1 unspecified atom stereocenters. The highest BCUT2D eigenvalue weighted by Crippen LogP contribution is 2.23. The first-order valence-corrected chi connectivity index (χ1v) is 8.60. The largest absolute Gasteiger partial charge is 0.380 e. The van der Waals surface area contributed by atoms with Crippen LogP contribution in [0.3, 0.4) is 0 Å². The van der Waals surface area contributed by atoms with Crippen LogP contribution in [0.4, 0.5) is 0 Å². The standard InChI is InChI=1S/C16H30ClN3O/c1-5-9-18-13(12-21-10-6-2)11-15-16(17)14(7-3)19-20(15)8-4/h13,18H,5-12H2,1-4H3. The number of halogens is 1. The highest BCUT2D eigenvalue weighted by atomic mass is 35.5. The van der Waals surface area contributed by atoms with Crippen molar-refractivity contribution in [2.75, 3.05) is 19.8 Å². The monoisotopic (exact) mass is 315 g/mol. The van der Waals surface area contributed by atoms with Crippen molar-refractivity contribution >= 4 is 11.6 Å². The van der Waals surface area contributed by atoms with Crippen LogP contribution < -0.4 is 5.32 Å². The molecule has 0 aliphatic heterocycles. The van der Waals surface area contributed by atoms with Gasteiger partial charge in [-0.2, -0.15) is 5.10 Å². The molecule has 0 radical (unpaired) electrons. The molecule has 0 saturated heterocycles. The van der Waals surface area contributed by atoms with E-state index < -0.39 is 0 Å². The van der Waals surface area contributed by atoms with Crippen LogP contribution in [0.15, 0.2) is 0 Å². The first-order chi connectivity index (χ1) is 10.2. The summed E-state index contributed by atoms with van der Waals surface area (Å²) in [5.74, 6) is 0. The van der Waals surface area contributed by atoms with Gasteiger partial charge in [0, 0.05) is 25.6 Å². The lowest BCUT2D eigenvalue weighted by Crippen LogP contribution is -2.36. The molecule has 0 bridgehead atoms. The summed E-state index contributed by atoms with van der Waals surface area (Å²) in [5.41, 5.74) is 2.13. The molecule has 1 aromatic heterocycles. The van der Waals surface area contributed by atoms with Crippen molar-refractivity contribution in [2.24, 2.45) is 0 Å². The third-order valence-corrected chi connectivity index (χ3v) is 3.92. The minimum atomic E-state index is 0.292. The predicted octanol–water partition coefficient (Wildman–Crippen LogP) is 3.46. The summed E-state index contributed by atoms with van der Waals surface area (Å²) in [4.78, 5) is 0. The molecule has 1 heterocycles. The summed E-state index contributed by atoms with van der Waals surface area (Å²) in [5, 5.41) is 8.98. The van der Waals surface area contributed by atoms with Crippen LogP contribution in [-0.2, 0) is 24.1 Å². The molecule has 4 nitrogen and oxygen atoms in total. The van der Waals surface area contributed by atoms with Crippen molar-refractivity contribution in [2.45, 2.75) is 66.0 Å². The van der Waals surface area contributed by atoms with E-state index in [2.05, 4.69) is 38.1 Å². The number of nitrogens with zero attached hydrogens (tertiary/aromatic N) is 2. The van der Waals surface area contributed by atoms with E-state index in [9.17, 15) is 0 Å². The quantitative estimate of drug-likeness (QED) is 0.636. The highest BCUT2D eigenvalue weighted by Gasteiger charge is 2.18. The Bertz CT molecular complexity index is 406. The van der Waals surface area contributed by atoms with Crippen molar-refractivity contribution in [1.29, 1.82) is 0 Å². The number of aromatic nitrogens is 2. The van der Waals surface area contributed by atoms with E-state index in [0.717, 1.165) is 68.4 Å². The topological polar surface area (TPSA) is 39.1 Å². The molecule has 0 spiro atoms. The number of hydrogen-bond donors (Lipinski definition) is 1. The van der Waals surface area contributed by atoms with Gasteiger partial charge in [0.05, 0.1) is 23.0 Å². The van der Waals surface area contributed by atoms with Crippen LogP contribution in [0.2, 0.25) is 5.02 Å². The molecule has 21 heavy (non-hydrogen) atoms. The number of nitrogens with one attached hydrogen (secondary N) is 1. The lowest BCUT2D eigenvalue weighted by Gasteiger charge is -2.19. The number of aryl methyl sites for hydroxylation is 2. The molecule has 1 aromatic rings. The summed E-state index contributed by atoms with van der Waals surface area (Å²) >= 11 is 6.50. The smallest absolute Gasteiger partial charge is 0.0850 e. The Labute approximate surface area is 134 Å². The lowest BCUT2D eigenvalue weighted by molar-refractivity contribution is 0.111. The van der Waals surface area contributed by atoms with Gasteiger partial charge in [-0.05, 0) is 32.7 Å². The van der Waals surface area contributed by atoms with E-state index in [1.165, 1.54) is 0 Å². The molecule has 0 aliphatic rings. The van der Waals surface area contributed by atoms with E-state index in [1.807, 2.05) is 4.68 Å². The Balaban J connectivity index is 2.78. The van der Waals surface area contributed by atoms with E-state index in [-0.39, 0.29) is 0 Å². The highest BCUT2D eigenvalue weighted by molar-refractivity contribution is 6.31.